The van der Waals surface area contributed by atoms with Crippen molar-refractivity contribution in [3.63, 3.8) is 0 Å². The summed E-state index contributed by atoms with van der Waals surface area (Å²) >= 11 is 0. The second-order valence-electron chi connectivity index (χ2n) is 4.65. The van der Waals surface area contributed by atoms with E-state index in [9.17, 15) is 18.4 Å². The number of hydrogen-bond acceptors (Lipinski definition) is 4. The molecule has 1 amide bonds. The van der Waals surface area contributed by atoms with E-state index in [-0.39, 0.29) is 0 Å². The summed E-state index contributed by atoms with van der Waals surface area (Å²) in [5.41, 5.74) is -0.433. The summed E-state index contributed by atoms with van der Waals surface area (Å²) in [5, 5.41) is 2.50. The highest BCUT2D eigenvalue weighted by molar-refractivity contribution is 5.96. The lowest BCUT2D eigenvalue weighted by Gasteiger charge is -2.11. The van der Waals surface area contributed by atoms with E-state index in [4.69, 9.17) is 4.74 Å². The fourth-order valence-corrected chi connectivity index (χ4v) is 1.93. The summed E-state index contributed by atoms with van der Waals surface area (Å²) in [7, 11) is 0. The van der Waals surface area contributed by atoms with Gasteiger partial charge in [0.2, 0.25) is 0 Å². The van der Waals surface area contributed by atoms with Gasteiger partial charge in [-0.15, -0.1) is 0 Å². The molecule has 0 aliphatic carbocycles. The minimum atomic E-state index is -1.25. The maximum atomic E-state index is 13.5. The Balaban J connectivity index is 1.98. The van der Waals surface area contributed by atoms with Crippen LogP contribution in [-0.2, 0) is 9.53 Å². The van der Waals surface area contributed by atoms with Gasteiger partial charge >= 0.3 is 5.97 Å². The van der Waals surface area contributed by atoms with Gasteiger partial charge in [0.15, 0.2) is 6.61 Å². The standard InChI is InChI=1S/C17H15F2NO4/c1-2-23-14-9-4-3-8-13(14)20-15(21)10-24-17(22)16-11(18)6-5-7-12(16)19/h3-9H,2,10H2,1H3,(H,20,21). The topological polar surface area (TPSA) is 64.6 Å². The predicted octanol–water partition coefficient (Wildman–Crippen LogP) is 3.16. The molecule has 0 saturated carbocycles. The molecule has 0 unspecified atom stereocenters. The van der Waals surface area contributed by atoms with Crippen molar-refractivity contribution in [2.24, 2.45) is 0 Å². The van der Waals surface area contributed by atoms with Crippen LogP contribution in [0.3, 0.4) is 0 Å². The molecular formula is C17H15F2NO4. The normalized spacial score (nSPS) is 10.1. The van der Waals surface area contributed by atoms with Gasteiger partial charge in [-0.1, -0.05) is 18.2 Å². The molecule has 2 aromatic carbocycles. The molecule has 0 spiro atoms. The SMILES string of the molecule is CCOc1ccccc1NC(=O)COC(=O)c1c(F)cccc1F. The molecular weight excluding hydrogens is 320 g/mol. The number of hydrogen-bond donors (Lipinski definition) is 1. The molecule has 2 aromatic rings. The van der Waals surface area contributed by atoms with Crippen molar-refractivity contribution in [3.8, 4) is 5.75 Å². The van der Waals surface area contributed by atoms with Gasteiger partial charge < -0.3 is 14.8 Å². The van der Waals surface area contributed by atoms with Crippen molar-refractivity contribution in [2.75, 3.05) is 18.5 Å². The molecule has 2 rings (SSSR count). The first kappa shape index (κ1) is 17.4. The van der Waals surface area contributed by atoms with Crippen LogP contribution < -0.4 is 10.1 Å². The molecule has 1 N–H and O–H groups in total. The van der Waals surface area contributed by atoms with Crippen LogP contribution in [0.2, 0.25) is 0 Å². The summed E-state index contributed by atoms with van der Waals surface area (Å²) in [6.45, 7) is 1.52. The lowest BCUT2D eigenvalue weighted by molar-refractivity contribution is -0.119. The van der Waals surface area contributed by atoms with Crippen molar-refractivity contribution in [2.45, 2.75) is 6.92 Å². The highest BCUT2D eigenvalue weighted by Gasteiger charge is 2.19. The van der Waals surface area contributed by atoms with E-state index in [2.05, 4.69) is 10.1 Å². The molecule has 0 atom stereocenters. The molecule has 0 heterocycles. The smallest absolute Gasteiger partial charge is 0.344 e. The quantitative estimate of drug-likeness (QED) is 0.824. The van der Waals surface area contributed by atoms with E-state index < -0.39 is 35.7 Å². The number of esters is 1. The number of para-hydroxylation sites is 2. The average molecular weight is 335 g/mol. The number of benzene rings is 2. The third-order valence-electron chi connectivity index (χ3n) is 2.96. The third kappa shape index (κ3) is 4.28. The number of rotatable bonds is 6. The van der Waals surface area contributed by atoms with Crippen LogP contribution >= 0.6 is 0 Å². The zero-order valence-corrected chi connectivity index (χ0v) is 12.8. The van der Waals surface area contributed by atoms with Crippen molar-refractivity contribution in [1.29, 1.82) is 0 Å². The number of anilines is 1. The van der Waals surface area contributed by atoms with Gasteiger partial charge in [-0.05, 0) is 31.2 Å². The van der Waals surface area contributed by atoms with Gasteiger partial charge in [0.05, 0.1) is 12.3 Å². The Morgan fingerprint density at radius 1 is 1.04 bits per heavy atom. The van der Waals surface area contributed by atoms with Crippen LogP contribution in [0.4, 0.5) is 14.5 Å². The van der Waals surface area contributed by atoms with Crippen LogP contribution in [0.1, 0.15) is 17.3 Å². The minimum Gasteiger partial charge on any atom is -0.492 e. The Hall–Kier alpha value is -2.96. The third-order valence-corrected chi connectivity index (χ3v) is 2.96. The zero-order valence-electron chi connectivity index (χ0n) is 12.8. The Bertz CT molecular complexity index is 729. The van der Waals surface area contributed by atoms with Gasteiger partial charge in [0.1, 0.15) is 22.9 Å². The Morgan fingerprint density at radius 3 is 2.38 bits per heavy atom. The molecule has 0 fully saturated rings. The van der Waals surface area contributed by atoms with Gasteiger partial charge in [-0.25, -0.2) is 13.6 Å². The second kappa shape index (κ2) is 8.05. The summed E-state index contributed by atoms with van der Waals surface area (Å²) < 4.78 is 36.9. The predicted molar refractivity (Wildman–Crippen MR) is 82.9 cm³/mol. The largest absolute Gasteiger partial charge is 0.492 e. The molecule has 0 radical (unpaired) electrons. The maximum Gasteiger partial charge on any atom is 0.344 e. The zero-order chi connectivity index (χ0) is 17.5. The Morgan fingerprint density at radius 2 is 1.71 bits per heavy atom. The van der Waals surface area contributed by atoms with E-state index in [0.29, 0.717) is 18.0 Å². The van der Waals surface area contributed by atoms with Crippen molar-refractivity contribution in [3.05, 3.63) is 59.7 Å². The average Bonchev–Trinajstić information content (AvgIpc) is 2.55. The van der Waals surface area contributed by atoms with Crippen LogP contribution in [0.5, 0.6) is 5.75 Å². The number of carbonyl (C=O) groups excluding carboxylic acids is 2. The summed E-state index contributed by atoms with van der Waals surface area (Å²) in [6.07, 6.45) is 0. The monoisotopic (exact) mass is 335 g/mol. The van der Waals surface area contributed by atoms with Crippen LogP contribution in [0.25, 0.3) is 0 Å². The first-order valence-electron chi connectivity index (χ1n) is 7.15. The fraction of sp³-hybridized carbons (Fsp3) is 0.176. The number of nitrogens with one attached hydrogen (secondary N) is 1. The molecule has 0 saturated heterocycles. The van der Waals surface area contributed by atoms with Crippen molar-refractivity contribution in [1.82, 2.24) is 0 Å². The van der Waals surface area contributed by atoms with Crippen molar-refractivity contribution >= 4 is 17.6 Å². The molecule has 5 nitrogen and oxygen atoms in total. The van der Waals surface area contributed by atoms with E-state index in [1.54, 1.807) is 31.2 Å². The summed E-state index contributed by atoms with van der Waals surface area (Å²) in [4.78, 5) is 23.5. The van der Waals surface area contributed by atoms with Crippen LogP contribution in [-0.4, -0.2) is 25.1 Å². The van der Waals surface area contributed by atoms with E-state index >= 15 is 0 Å². The molecule has 24 heavy (non-hydrogen) atoms. The summed E-state index contributed by atoms with van der Waals surface area (Å²) in [6, 6.07) is 9.69. The van der Waals surface area contributed by atoms with Gasteiger partial charge in [0, 0.05) is 0 Å². The molecule has 0 bridgehead atoms. The lowest BCUT2D eigenvalue weighted by Crippen LogP contribution is -2.22. The number of carbonyl (C=O) groups is 2. The van der Waals surface area contributed by atoms with Crippen molar-refractivity contribution < 1.29 is 27.8 Å². The second-order valence-corrected chi connectivity index (χ2v) is 4.65. The Labute approximate surface area is 137 Å². The highest BCUT2D eigenvalue weighted by Crippen LogP contribution is 2.23. The van der Waals surface area contributed by atoms with E-state index in [0.717, 1.165) is 18.2 Å². The maximum absolute atomic E-state index is 13.5. The summed E-state index contributed by atoms with van der Waals surface area (Å²) in [5.74, 6) is -3.56. The van der Waals surface area contributed by atoms with Crippen LogP contribution in [0, 0.1) is 11.6 Å². The molecule has 126 valence electrons. The highest BCUT2D eigenvalue weighted by atomic mass is 19.1. The molecule has 0 aromatic heterocycles. The van der Waals surface area contributed by atoms with Gasteiger partial charge in [-0.2, -0.15) is 0 Å². The fourth-order valence-electron chi connectivity index (χ4n) is 1.93. The number of amides is 1. The molecule has 7 heteroatoms. The van der Waals surface area contributed by atoms with Gasteiger partial charge in [-0.3, -0.25) is 4.79 Å². The van der Waals surface area contributed by atoms with E-state index in [1.165, 1.54) is 0 Å². The minimum absolute atomic E-state index is 0.400. The first-order valence-corrected chi connectivity index (χ1v) is 7.15. The number of halogens is 2. The Kier molecular flexibility index (Phi) is 5.83. The molecule has 0 aliphatic rings. The number of ether oxygens (including phenoxy) is 2. The van der Waals surface area contributed by atoms with Crippen LogP contribution in [0.15, 0.2) is 42.5 Å². The molecule has 0 aliphatic heterocycles. The van der Waals surface area contributed by atoms with Gasteiger partial charge in [0.25, 0.3) is 5.91 Å². The lowest BCUT2D eigenvalue weighted by atomic mass is 10.2. The van der Waals surface area contributed by atoms with E-state index in [1.807, 2.05) is 0 Å². The first-order chi connectivity index (χ1) is 11.5.